The van der Waals surface area contributed by atoms with Crippen molar-refractivity contribution in [3.63, 3.8) is 0 Å². The number of allylic oxidation sites excluding steroid dienone is 1. The number of methoxy groups -OCH3 is 2. The number of carbonyl (C=O) groups is 1. The standard InChI is InChI=1S/C23H30O11/c1-30-14-4-3-10(5-13(14)25)12-9-32-15-7-17(16(31-2)6-11(15)19(12)26)33-23-22(29)21(28)20(27)18(8-24)34-23/h3-5,9,11,15-18,20-25,27-29H,6-8H2,1-2H3/t11?,15?,16?,17?,18-,20-,21+,22-,23-/m1/s1. The van der Waals surface area contributed by atoms with Crippen LogP contribution in [0.1, 0.15) is 18.4 Å². The molecule has 9 atom stereocenters. The molecule has 1 saturated carbocycles. The first-order valence-corrected chi connectivity index (χ1v) is 11.0. The average Bonchev–Trinajstić information content (AvgIpc) is 2.84. The second-order valence-corrected chi connectivity index (χ2v) is 8.68. The number of hydrogen-bond acceptors (Lipinski definition) is 11. The highest BCUT2D eigenvalue weighted by Gasteiger charge is 2.49. The van der Waals surface area contributed by atoms with Crippen LogP contribution in [0.15, 0.2) is 24.5 Å². The third kappa shape index (κ3) is 4.52. The summed E-state index contributed by atoms with van der Waals surface area (Å²) in [5, 5.41) is 49.8. The molecule has 4 unspecified atom stereocenters. The Labute approximate surface area is 196 Å². The number of aliphatic hydroxyl groups excluding tert-OH is 4. The number of aliphatic hydroxyl groups is 4. The van der Waals surface area contributed by atoms with Gasteiger partial charge in [0.05, 0.1) is 43.7 Å². The largest absolute Gasteiger partial charge is 0.504 e. The molecular formula is C23H30O11. The summed E-state index contributed by atoms with van der Waals surface area (Å²) in [6.45, 7) is -0.569. The van der Waals surface area contributed by atoms with Crippen LogP contribution >= 0.6 is 0 Å². The van der Waals surface area contributed by atoms with Gasteiger partial charge in [-0.1, -0.05) is 6.07 Å². The summed E-state index contributed by atoms with van der Waals surface area (Å²) >= 11 is 0. The fourth-order valence-electron chi connectivity index (χ4n) is 4.75. The summed E-state index contributed by atoms with van der Waals surface area (Å²) in [5.74, 6) is -0.489. The first kappa shape index (κ1) is 24.9. The van der Waals surface area contributed by atoms with Crippen molar-refractivity contribution in [3.8, 4) is 11.5 Å². The van der Waals surface area contributed by atoms with E-state index in [-0.39, 0.29) is 30.1 Å². The van der Waals surface area contributed by atoms with E-state index in [1.165, 1.54) is 26.5 Å². The maximum atomic E-state index is 13.3. The molecular weight excluding hydrogens is 452 g/mol. The molecule has 2 fully saturated rings. The van der Waals surface area contributed by atoms with Gasteiger partial charge in [0.25, 0.3) is 0 Å². The molecule has 1 aromatic rings. The van der Waals surface area contributed by atoms with Crippen molar-refractivity contribution < 1.29 is 54.0 Å². The number of phenols is 1. The lowest BCUT2D eigenvalue weighted by atomic mass is 9.76. The SMILES string of the molecule is COc1ccc(C2=COC3CC(O[C@@H]4O[C@H](CO)[C@@H](O)[C@H](O)[C@H]4O)C(OC)CC3C2=O)cc1O. The lowest BCUT2D eigenvalue weighted by molar-refractivity contribution is -0.322. The van der Waals surface area contributed by atoms with E-state index in [2.05, 4.69) is 0 Å². The number of Topliss-reactive ketones (excluding diaryl/α,β-unsaturated/α-hetero) is 1. The molecule has 2 heterocycles. The lowest BCUT2D eigenvalue weighted by Gasteiger charge is -2.45. The molecule has 4 rings (SSSR count). The minimum absolute atomic E-state index is 0.0952. The fourth-order valence-corrected chi connectivity index (χ4v) is 4.75. The Kier molecular flexibility index (Phi) is 7.43. The Morgan fingerprint density at radius 3 is 2.47 bits per heavy atom. The van der Waals surface area contributed by atoms with E-state index in [1.54, 1.807) is 12.1 Å². The third-order valence-electron chi connectivity index (χ3n) is 6.73. The van der Waals surface area contributed by atoms with Crippen LogP contribution in [0.5, 0.6) is 11.5 Å². The molecule has 188 valence electrons. The summed E-state index contributed by atoms with van der Waals surface area (Å²) in [6.07, 6.45) is -6.87. The van der Waals surface area contributed by atoms with Gasteiger partial charge in [-0.3, -0.25) is 4.79 Å². The van der Waals surface area contributed by atoms with Crippen LogP contribution in [0.25, 0.3) is 5.57 Å². The van der Waals surface area contributed by atoms with Crippen LogP contribution < -0.4 is 4.74 Å². The number of benzene rings is 1. The van der Waals surface area contributed by atoms with Crippen LogP contribution in [-0.4, -0.2) is 101 Å². The van der Waals surface area contributed by atoms with E-state index >= 15 is 0 Å². The number of carbonyl (C=O) groups excluding carboxylic acids is 1. The van der Waals surface area contributed by atoms with Gasteiger partial charge in [-0.25, -0.2) is 0 Å². The zero-order valence-electron chi connectivity index (χ0n) is 18.8. The van der Waals surface area contributed by atoms with Crippen molar-refractivity contribution in [2.45, 2.75) is 61.9 Å². The first-order valence-electron chi connectivity index (χ1n) is 11.0. The Morgan fingerprint density at radius 2 is 1.82 bits per heavy atom. The Bertz CT molecular complexity index is 916. The van der Waals surface area contributed by atoms with Crippen molar-refractivity contribution in [2.24, 2.45) is 5.92 Å². The van der Waals surface area contributed by atoms with E-state index in [9.17, 15) is 30.3 Å². The molecule has 5 N–H and O–H groups in total. The van der Waals surface area contributed by atoms with Crippen molar-refractivity contribution in [1.29, 1.82) is 0 Å². The Balaban J connectivity index is 1.50. The highest BCUT2D eigenvalue weighted by atomic mass is 16.7. The minimum Gasteiger partial charge on any atom is -0.504 e. The predicted molar refractivity (Wildman–Crippen MR) is 115 cm³/mol. The number of hydrogen-bond donors (Lipinski definition) is 5. The topological polar surface area (TPSA) is 164 Å². The molecule has 0 amide bonds. The van der Waals surface area contributed by atoms with Gasteiger partial charge < -0.3 is 49.2 Å². The smallest absolute Gasteiger partial charge is 0.187 e. The van der Waals surface area contributed by atoms with Crippen LogP contribution in [0.3, 0.4) is 0 Å². The van der Waals surface area contributed by atoms with Gasteiger partial charge in [-0.05, 0) is 24.1 Å². The zero-order valence-corrected chi connectivity index (χ0v) is 18.8. The summed E-state index contributed by atoms with van der Waals surface area (Å²) < 4.78 is 27.8. The van der Waals surface area contributed by atoms with Gasteiger partial charge in [0.15, 0.2) is 23.6 Å². The number of phenolic OH excluding ortho intramolecular Hbond substituents is 1. The quantitative estimate of drug-likeness (QED) is 0.349. The number of fused-ring (bicyclic) bond motifs is 1. The maximum Gasteiger partial charge on any atom is 0.187 e. The van der Waals surface area contributed by atoms with E-state index in [0.717, 1.165) is 0 Å². The Hall–Kier alpha value is -2.25. The summed E-state index contributed by atoms with van der Waals surface area (Å²) in [5.41, 5.74) is 0.817. The van der Waals surface area contributed by atoms with Gasteiger partial charge in [0, 0.05) is 13.5 Å². The average molecular weight is 482 g/mol. The predicted octanol–water partition coefficient (Wildman–Crippen LogP) is -0.680. The molecule has 0 aromatic heterocycles. The molecule has 34 heavy (non-hydrogen) atoms. The van der Waals surface area contributed by atoms with E-state index in [1.807, 2.05) is 0 Å². The van der Waals surface area contributed by atoms with Crippen LogP contribution in [0, 0.1) is 5.92 Å². The van der Waals surface area contributed by atoms with Crippen LogP contribution in [0.2, 0.25) is 0 Å². The van der Waals surface area contributed by atoms with E-state index in [0.29, 0.717) is 11.1 Å². The summed E-state index contributed by atoms with van der Waals surface area (Å²) in [6, 6.07) is 4.66. The molecule has 1 aromatic carbocycles. The van der Waals surface area contributed by atoms with Gasteiger partial charge in [-0.2, -0.15) is 0 Å². The lowest BCUT2D eigenvalue weighted by Crippen LogP contribution is -2.61. The van der Waals surface area contributed by atoms with E-state index < -0.39 is 61.5 Å². The third-order valence-corrected chi connectivity index (χ3v) is 6.73. The van der Waals surface area contributed by atoms with Gasteiger partial charge in [-0.15, -0.1) is 0 Å². The van der Waals surface area contributed by atoms with Gasteiger partial charge >= 0.3 is 0 Å². The van der Waals surface area contributed by atoms with Crippen LogP contribution in [0.4, 0.5) is 0 Å². The second-order valence-electron chi connectivity index (χ2n) is 8.68. The second kappa shape index (κ2) is 10.2. The van der Waals surface area contributed by atoms with Crippen molar-refractivity contribution in [1.82, 2.24) is 0 Å². The van der Waals surface area contributed by atoms with Crippen molar-refractivity contribution >= 4 is 11.4 Å². The molecule has 11 heteroatoms. The minimum atomic E-state index is -1.56. The summed E-state index contributed by atoms with van der Waals surface area (Å²) in [4.78, 5) is 13.3. The molecule has 0 radical (unpaired) electrons. The molecule has 1 aliphatic carbocycles. The fraction of sp³-hybridized carbons (Fsp3) is 0.609. The van der Waals surface area contributed by atoms with Gasteiger partial charge in [0.1, 0.15) is 30.5 Å². The number of ether oxygens (including phenoxy) is 5. The monoisotopic (exact) mass is 482 g/mol. The van der Waals surface area contributed by atoms with Gasteiger partial charge in [0.2, 0.25) is 0 Å². The molecule has 11 nitrogen and oxygen atoms in total. The van der Waals surface area contributed by atoms with E-state index in [4.69, 9.17) is 23.7 Å². The molecule has 1 saturated heterocycles. The molecule has 0 bridgehead atoms. The zero-order chi connectivity index (χ0) is 24.6. The highest BCUT2D eigenvalue weighted by molar-refractivity contribution is 6.22. The van der Waals surface area contributed by atoms with Crippen molar-refractivity contribution in [3.05, 3.63) is 30.0 Å². The summed E-state index contributed by atoms with van der Waals surface area (Å²) in [7, 11) is 2.91. The highest BCUT2D eigenvalue weighted by Crippen LogP contribution is 2.40. The maximum absolute atomic E-state index is 13.3. The molecule has 3 aliphatic rings. The number of aromatic hydroxyl groups is 1. The molecule has 2 aliphatic heterocycles. The number of ketones is 1. The normalized spacial score (nSPS) is 38.0. The first-order chi connectivity index (χ1) is 16.3. The molecule has 0 spiro atoms. The Morgan fingerprint density at radius 1 is 1.06 bits per heavy atom. The number of rotatable bonds is 6. The van der Waals surface area contributed by atoms with Crippen molar-refractivity contribution in [2.75, 3.05) is 20.8 Å². The van der Waals surface area contributed by atoms with Crippen LogP contribution in [-0.2, 0) is 23.7 Å².